The number of nitrogens with zero attached hydrogens (tertiary/aromatic N) is 1. The first-order chi connectivity index (χ1) is 9.67. The van der Waals surface area contributed by atoms with Crippen molar-refractivity contribution in [2.75, 3.05) is 0 Å². The fraction of sp³-hybridized carbons (Fsp3) is 0.556. The first-order valence-corrected chi connectivity index (χ1v) is 7.73. The van der Waals surface area contributed by atoms with E-state index in [9.17, 15) is 4.39 Å². The minimum Gasteiger partial charge on any atom is -0.344 e. The van der Waals surface area contributed by atoms with Crippen molar-refractivity contribution in [1.29, 1.82) is 0 Å². The molecule has 1 saturated heterocycles. The molecular formula is C18H25FN2. The molecule has 1 aromatic heterocycles. The van der Waals surface area contributed by atoms with Gasteiger partial charge in [0.05, 0.1) is 5.52 Å². The highest BCUT2D eigenvalue weighted by molar-refractivity contribution is 5.84. The van der Waals surface area contributed by atoms with Crippen molar-refractivity contribution < 1.29 is 4.39 Å². The van der Waals surface area contributed by atoms with E-state index in [1.807, 2.05) is 6.07 Å². The average Bonchev–Trinajstić information content (AvgIpc) is 2.62. The van der Waals surface area contributed by atoms with Gasteiger partial charge in [0, 0.05) is 28.7 Å². The molecule has 0 amide bonds. The predicted octanol–water partition coefficient (Wildman–Crippen LogP) is 4.57. The lowest BCUT2D eigenvalue weighted by atomic mass is 9.79. The van der Waals surface area contributed by atoms with E-state index >= 15 is 0 Å². The first-order valence-electron chi connectivity index (χ1n) is 7.73. The summed E-state index contributed by atoms with van der Waals surface area (Å²) in [4.78, 5) is 0. The molecule has 0 unspecified atom stereocenters. The Hall–Kier alpha value is -1.35. The van der Waals surface area contributed by atoms with Gasteiger partial charge in [-0.05, 0) is 71.2 Å². The fourth-order valence-corrected chi connectivity index (χ4v) is 4.17. The smallest absolute Gasteiger partial charge is 0.125 e. The minimum atomic E-state index is -0.158. The predicted molar refractivity (Wildman–Crippen MR) is 86.2 cm³/mol. The van der Waals surface area contributed by atoms with Crippen LogP contribution in [0.25, 0.3) is 10.9 Å². The Morgan fingerprint density at radius 3 is 2.38 bits per heavy atom. The standard InChI is InChI=1S/C18H25FN2/c1-12-11-21(16-8-13(19)6-7-15(12)16)14-9-17(2,3)20-18(4,5)10-14/h6-8,11,14,20H,9-10H2,1-5H3. The van der Waals surface area contributed by atoms with Crippen LogP contribution in [0.5, 0.6) is 0 Å². The van der Waals surface area contributed by atoms with Gasteiger partial charge < -0.3 is 9.88 Å². The van der Waals surface area contributed by atoms with Crippen molar-refractivity contribution >= 4 is 10.9 Å². The van der Waals surface area contributed by atoms with E-state index in [0.29, 0.717) is 6.04 Å². The highest BCUT2D eigenvalue weighted by Gasteiger charge is 2.38. The number of nitrogens with one attached hydrogen (secondary N) is 1. The number of halogens is 1. The number of hydrogen-bond donors (Lipinski definition) is 1. The Balaban J connectivity index is 2.09. The molecule has 1 aromatic carbocycles. The molecule has 1 fully saturated rings. The summed E-state index contributed by atoms with van der Waals surface area (Å²) in [6.45, 7) is 11.1. The van der Waals surface area contributed by atoms with Crippen LogP contribution < -0.4 is 5.32 Å². The number of aromatic nitrogens is 1. The molecule has 114 valence electrons. The van der Waals surface area contributed by atoms with Crippen LogP contribution in [-0.2, 0) is 0 Å². The quantitative estimate of drug-likeness (QED) is 0.813. The van der Waals surface area contributed by atoms with Crippen molar-refractivity contribution in [2.24, 2.45) is 0 Å². The van der Waals surface area contributed by atoms with E-state index in [0.717, 1.165) is 23.7 Å². The molecule has 0 saturated carbocycles. The molecule has 0 spiro atoms. The summed E-state index contributed by atoms with van der Waals surface area (Å²) in [5.41, 5.74) is 2.42. The van der Waals surface area contributed by atoms with Gasteiger partial charge in [0.15, 0.2) is 0 Å². The SMILES string of the molecule is Cc1cn(C2CC(C)(C)NC(C)(C)C2)c2cc(F)ccc12. The van der Waals surface area contributed by atoms with Crippen molar-refractivity contribution in [3.63, 3.8) is 0 Å². The number of aryl methyl sites for hydroxylation is 1. The molecule has 3 heteroatoms. The largest absolute Gasteiger partial charge is 0.344 e. The Morgan fingerprint density at radius 2 is 1.76 bits per heavy atom. The summed E-state index contributed by atoms with van der Waals surface area (Å²) in [6, 6.07) is 5.52. The lowest BCUT2D eigenvalue weighted by Gasteiger charge is -2.47. The summed E-state index contributed by atoms with van der Waals surface area (Å²) >= 11 is 0. The summed E-state index contributed by atoms with van der Waals surface area (Å²) < 4.78 is 16.0. The van der Waals surface area contributed by atoms with Crippen LogP contribution in [0.2, 0.25) is 0 Å². The number of hydrogen-bond acceptors (Lipinski definition) is 1. The van der Waals surface area contributed by atoms with Gasteiger partial charge in [0.1, 0.15) is 5.82 Å². The first kappa shape index (κ1) is 14.6. The second-order valence-corrected chi connectivity index (χ2v) is 7.84. The van der Waals surface area contributed by atoms with Gasteiger partial charge in [0.25, 0.3) is 0 Å². The van der Waals surface area contributed by atoms with Crippen LogP contribution in [0.15, 0.2) is 24.4 Å². The molecular weight excluding hydrogens is 263 g/mol. The maximum absolute atomic E-state index is 13.7. The van der Waals surface area contributed by atoms with Gasteiger partial charge in [-0.1, -0.05) is 0 Å². The molecule has 2 heterocycles. The number of rotatable bonds is 1. The van der Waals surface area contributed by atoms with E-state index in [2.05, 4.69) is 50.7 Å². The van der Waals surface area contributed by atoms with E-state index in [1.54, 1.807) is 12.1 Å². The van der Waals surface area contributed by atoms with Crippen molar-refractivity contribution in [3.8, 4) is 0 Å². The summed E-state index contributed by atoms with van der Waals surface area (Å²) in [7, 11) is 0. The van der Waals surface area contributed by atoms with E-state index < -0.39 is 0 Å². The topological polar surface area (TPSA) is 17.0 Å². The van der Waals surface area contributed by atoms with Crippen LogP contribution in [0, 0.1) is 12.7 Å². The molecule has 1 aliphatic rings. The third-order valence-electron chi connectivity index (χ3n) is 4.56. The second kappa shape index (κ2) is 4.57. The Labute approximate surface area is 126 Å². The molecule has 1 N–H and O–H groups in total. The fourth-order valence-electron chi connectivity index (χ4n) is 4.17. The highest BCUT2D eigenvalue weighted by Crippen LogP contribution is 2.38. The van der Waals surface area contributed by atoms with Crippen molar-refractivity contribution in [3.05, 3.63) is 35.8 Å². The van der Waals surface area contributed by atoms with Gasteiger partial charge >= 0.3 is 0 Å². The van der Waals surface area contributed by atoms with Crippen LogP contribution in [0.3, 0.4) is 0 Å². The zero-order valence-electron chi connectivity index (χ0n) is 13.6. The number of benzene rings is 1. The highest BCUT2D eigenvalue weighted by atomic mass is 19.1. The lowest BCUT2D eigenvalue weighted by Crippen LogP contribution is -2.57. The monoisotopic (exact) mass is 288 g/mol. The Morgan fingerprint density at radius 1 is 1.14 bits per heavy atom. The van der Waals surface area contributed by atoms with Crippen LogP contribution in [0.1, 0.15) is 52.1 Å². The normalized spacial score (nSPS) is 21.8. The second-order valence-electron chi connectivity index (χ2n) is 7.84. The summed E-state index contributed by atoms with van der Waals surface area (Å²) in [6.07, 6.45) is 4.29. The minimum absolute atomic E-state index is 0.0875. The zero-order valence-corrected chi connectivity index (χ0v) is 13.6. The lowest BCUT2D eigenvalue weighted by molar-refractivity contribution is 0.134. The third-order valence-corrected chi connectivity index (χ3v) is 4.56. The van der Waals surface area contributed by atoms with E-state index in [-0.39, 0.29) is 16.9 Å². The Kier molecular flexibility index (Phi) is 3.17. The summed E-state index contributed by atoms with van der Waals surface area (Å²) in [5, 5.41) is 4.87. The molecule has 1 aliphatic heterocycles. The van der Waals surface area contributed by atoms with Crippen LogP contribution in [0.4, 0.5) is 4.39 Å². The van der Waals surface area contributed by atoms with E-state index in [1.165, 1.54) is 5.56 Å². The third kappa shape index (κ3) is 2.71. The van der Waals surface area contributed by atoms with Crippen molar-refractivity contribution in [2.45, 2.75) is 64.6 Å². The average molecular weight is 288 g/mol. The van der Waals surface area contributed by atoms with E-state index in [4.69, 9.17) is 0 Å². The molecule has 21 heavy (non-hydrogen) atoms. The maximum Gasteiger partial charge on any atom is 0.125 e. The van der Waals surface area contributed by atoms with Crippen LogP contribution >= 0.6 is 0 Å². The van der Waals surface area contributed by atoms with Crippen LogP contribution in [-0.4, -0.2) is 15.6 Å². The van der Waals surface area contributed by atoms with Gasteiger partial charge in [-0.15, -0.1) is 0 Å². The van der Waals surface area contributed by atoms with Gasteiger partial charge in [0.2, 0.25) is 0 Å². The van der Waals surface area contributed by atoms with Crippen molar-refractivity contribution in [1.82, 2.24) is 9.88 Å². The number of fused-ring (bicyclic) bond motifs is 1. The van der Waals surface area contributed by atoms with Gasteiger partial charge in [-0.2, -0.15) is 0 Å². The molecule has 3 rings (SSSR count). The number of piperidine rings is 1. The zero-order chi connectivity index (χ0) is 15.4. The molecule has 2 nitrogen and oxygen atoms in total. The molecule has 2 aromatic rings. The Bertz CT molecular complexity index is 666. The molecule has 0 radical (unpaired) electrons. The molecule has 0 bridgehead atoms. The summed E-state index contributed by atoms with van der Waals surface area (Å²) in [5.74, 6) is -0.158. The molecule has 0 aliphatic carbocycles. The van der Waals surface area contributed by atoms with Gasteiger partial charge in [-0.25, -0.2) is 4.39 Å². The van der Waals surface area contributed by atoms with Gasteiger partial charge in [-0.3, -0.25) is 0 Å². The molecule has 0 atom stereocenters. The maximum atomic E-state index is 13.7.